The standard InChI is InChI=1S/C23H26N4O3S2/c1-11-5-7-13(3)16(9-11)27-21(29)18-15-8-6-12(2)10-17(15)32-20(18)26-23(27)31-14(4)19(28)25-22(24)30/h5,7,9,12,14H,6,8,10H2,1-4H3,(H3,24,25,28,30)/t12-,14-/m0/s1. The fourth-order valence-electron chi connectivity index (χ4n) is 4.06. The summed E-state index contributed by atoms with van der Waals surface area (Å²) in [7, 11) is 0. The smallest absolute Gasteiger partial charge is 0.318 e. The number of hydrogen-bond acceptors (Lipinski definition) is 6. The molecule has 0 saturated carbocycles. The largest absolute Gasteiger partial charge is 0.351 e. The van der Waals surface area contributed by atoms with Gasteiger partial charge in [0.15, 0.2) is 5.16 Å². The first kappa shape index (κ1) is 22.5. The number of urea groups is 1. The van der Waals surface area contributed by atoms with Crippen LogP contribution < -0.4 is 16.6 Å². The van der Waals surface area contributed by atoms with Gasteiger partial charge in [-0.25, -0.2) is 9.78 Å². The molecular formula is C23H26N4O3S2. The van der Waals surface area contributed by atoms with Gasteiger partial charge in [-0.2, -0.15) is 0 Å². The number of benzene rings is 1. The van der Waals surface area contributed by atoms with Crippen LogP contribution in [-0.4, -0.2) is 26.7 Å². The number of primary amides is 1. The molecule has 0 unspecified atom stereocenters. The van der Waals surface area contributed by atoms with Crippen molar-refractivity contribution in [2.45, 2.75) is 57.4 Å². The molecule has 2 atom stereocenters. The van der Waals surface area contributed by atoms with Gasteiger partial charge in [0, 0.05) is 4.88 Å². The van der Waals surface area contributed by atoms with Crippen LogP contribution in [0.3, 0.4) is 0 Å². The van der Waals surface area contributed by atoms with Gasteiger partial charge in [-0.15, -0.1) is 11.3 Å². The van der Waals surface area contributed by atoms with Crippen molar-refractivity contribution in [3.8, 4) is 5.69 Å². The normalized spacial score (nSPS) is 16.6. The highest BCUT2D eigenvalue weighted by molar-refractivity contribution is 8.00. The Balaban J connectivity index is 1.93. The van der Waals surface area contributed by atoms with Crippen LogP contribution in [0.15, 0.2) is 28.2 Å². The number of hydrogen-bond donors (Lipinski definition) is 2. The average molecular weight is 471 g/mol. The Labute approximate surface area is 194 Å². The summed E-state index contributed by atoms with van der Waals surface area (Å²) in [5, 5.41) is 2.55. The van der Waals surface area contributed by atoms with E-state index in [0.717, 1.165) is 53.4 Å². The number of aromatic nitrogens is 2. The Morgan fingerprint density at radius 3 is 2.81 bits per heavy atom. The number of carbonyl (C=O) groups excluding carboxylic acids is 2. The Bertz CT molecular complexity index is 1290. The second kappa shape index (κ2) is 8.71. The first-order valence-corrected chi connectivity index (χ1v) is 12.3. The maximum Gasteiger partial charge on any atom is 0.318 e. The number of thioether (sulfide) groups is 1. The fourth-order valence-corrected chi connectivity index (χ4v) is 6.40. The van der Waals surface area contributed by atoms with Crippen LogP contribution >= 0.6 is 23.1 Å². The first-order chi connectivity index (χ1) is 15.2. The second-order valence-electron chi connectivity index (χ2n) is 8.47. The van der Waals surface area contributed by atoms with E-state index >= 15 is 0 Å². The van der Waals surface area contributed by atoms with Crippen LogP contribution in [0, 0.1) is 19.8 Å². The number of rotatable bonds is 4. The van der Waals surface area contributed by atoms with Crippen molar-refractivity contribution in [3.63, 3.8) is 0 Å². The SMILES string of the molecule is Cc1ccc(C)c(-n2c(S[C@@H](C)C(=O)NC(N)=O)nc3sc4c(c3c2=O)CC[C@H](C)C4)c1. The molecule has 3 aromatic rings. The summed E-state index contributed by atoms with van der Waals surface area (Å²) >= 11 is 2.72. The Morgan fingerprint density at radius 1 is 1.34 bits per heavy atom. The number of amides is 3. The molecule has 0 radical (unpaired) electrons. The summed E-state index contributed by atoms with van der Waals surface area (Å²) in [6, 6.07) is 5.03. The van der Waals surface area contributed by atoms with Gasteiger partial charge < -0.3 is 5.73 Å². The van der Waals surface area contributed by atoms with Gasteiger partial charge in [-0.3, -0.25) is 19.5 Å². The molecule has 168 valence electrons. The third-order valence-corrected chi connectivity index (χ3v) is 8.00. The summed E-state index contributed by atoms with van der Waals surface area (Å²) < 4.78 is 1.62. The molecule has 3 amide bonds. The average Bonchev–Trinajstić information content (AvgIpc) is 3.07. The lowest BCUT2D eigenvalue weighted by Crippen LogP contribution is -2.39. The van der Waals surface area contributed by atoms with Crippen LogP contribution in [0.5, 0.6) is 0 Å². The molecule has 0 spiro atoms. The molecule has 4 rings (SSSR count). The van der Waals surface area contributed by atoms with E-state index in [9.17, 15) is 14.4 Å². The summed E-state index contributed by atoms with van der Waals surface area (Å²) in [4.78, 5) is 44.1. The molecule has 2 aromatic heterocycles. The summed E-state index contributed by atoms with van der Waals surface area (Å²) in [6.07, 6.45) is 2.89. The van der Waals surface area contributed by atoms with Crippen molar-refractivity contribution in [3.05, 3.63) is 50.1 Å². The van der Waals surface area contributed by atoms with Crippen LogP contribution in [0.25, 0.3) is 15.9 Å². The van der Waals surface area contributed by atoms with Crippen LogP contribution in [0.1, 0.15) is 41.8 Å². The van der Waals surface area contributed by atoms with Gasteiger partial charge in [0.25, 0.3) is 5.56 Å². The van der Waals surface area contributed by atoms with E-state index in [1.54, 1.807) is 22.8 Å². The molecule has 2 heterocycles. The molecule has 0 saturated heterocycles. The molecule has 32 heavy (non-hydrogen) atoms. The number of nitrogens with zero attached hydrogens (tertiary/aromatic N) is 2. The van der Waals surface area contributed by atoms with E-state index in [2.05, 4.69) is 12.2 Å². The molecular weight excluding hydrogens is 444 g/mol. The van der Waals surface area contributed by atoms with E-state index in [4.69, 9.17) is 10.7 Å². The number of thiophene rings is 1. The summed E-state index contributed by atoms with van der Waals surface area (Å²) in [5.74, 6) is 0.0619. The number of nitrogens with one attached hydrogen (secondary N) is 1. The highest BCUT2D eigenvalue weighted by atomic mass is 32.2. The number of nitrogens with two attached hydrogens (primary N) is 1. The molecule has 0 fully saturated rings. The van der Waals surface area contributed by atoms with E-state index in [0.29, 0.717) is 21.3 Å². The predicted molar refractivity (Wildman–Crippen MR) is 129 cm³/mol. The van der Waals surface area contributed by atoms with Crippen molar-refractivity contribution in [1.82, 2.24) is 14.9 Å². The number of carbonyl (C=O) groups is 2. The van der Waals surface area contributed by atoms with Crippen LogP contribution in [0.4, 0.5) is 4.79 Å². The topological polar surface area (TPSA) is 107 Å². The van der Waals surface area contributed by atoms with Crippen molar-refractivity contribution in [2.24, 2.45) is 11.7 Å². The lowest BCUT2D eigenvalue weighted by Gasteiger charge is -2.19. The van der Waals surface area contributed by atoms with Gasteiger partial charge in [0.1, 0.15) is 4.83 Å². The maximum absolute atomic E-state index is 13.9. The Kier molecular flexibility index (Phi) is 6.13. The number of fused-ring (bicyclic) bond motifs is 3. The quantitative estimate of drug-likeness (QED) is 0.445. The number of aryl methyl sites for hydroxylation is 3. The third kappa shape index (κ3) is 4.19. The van der Waals surface area contributed by atoms with Crippen LogP contribution in [-0.2, 0) is 17.6 Å². The maximum atomic E-state index is 13.9. The predicted octanol–water partition coefficient (Wildman–Crippen LogP) is 3.86. The van der Waals surface area contributed by atoms with Gasteiger partial charge in [0.05, 0.1) is 16.3 Å². The van der Waals surface area contributed by atoms with Gasteiger partial charge in [0.2, 0.25) is 5.91 Å². The van der Waals surface area contributed by atoms with Crippen molar-refractivity contribution >= 4 is 45.3 Å². The monoisotopic (exact) mass is 470 g/mol. The summed E-state index contributed by atoms with van der Waals surface area (Å²) in [6.45, 7) is 7.82. The minimum Gasteiger partial charge on any atom is -0.351 e. The van der Waals surface area contributed by atoms with E-state index in [1.165, 1.54) is 4.88 Å². The van der Waals surface area contributed by atoms with Gasteiger partial charge >= 0.3 is 6.03 Å². The van der Waals surface area contributed by atoms with Crippen molar-refractivity contribution in [1.29, 1.82) is 0 Å². The second-order valence-corrected chi connectivity index (χ2v) is 10.9. The zero-order valence-corrected chi connectivity index (χ0v) is 20.2. The third-order valence-electron chi connectivity index (χ3n) is 5.80. The molecule has 7 nitrogen and oxygen atoms in total. The molecule has 1 aliphatic carbocycles. The highest BCUT2D eigenvalue weighted by Gasteiger charge is 2.27. The molecule has 0 aliphatic heterocycles. The fraction of sp³-hybridized carbons (Fsp3) is 0.391. The number of imide groups is 1. The first-order valence-electron chi connectivity index (χ1n) is 10.6. The van der Waals surface area contributed by atoms with Crippen molar-refractivity contribution in [2.75, 3.05) is 0 Å². The zero-order chi connectivity index (χ0) is 23.2. The summed E-state index contributed by atoms with van der Waals surface area (Å²) in [5.41, 5.74) is 8.82. The Morgan fingerprint density at radius 2 is 2.09 bits per heavy atom. The zero-order valence-electron chi connectivity index (χ0n) is 18.5. The Hall–Kier alpha value is -2.65. The molecule has 1 aliphatic rings. The minimum atomic E-state index is -0.905. The van der Waals surface area contributed by atoms with E-state index in [1.807, 2.05) is 32.0 Å². The van der Waals surface area contributed by atoms with Crippen LogP contribution in [0.2, 0.25) is 0 Å². The van der Waals surface area contributed by atoms with Gasteiger partial charge in [-0.1, -0.05) is 30.8 Å². The lowest BCUT2D eigenvalue weighted by atomic mass is 9.89. The highest BCUT2D eigenvalue weighted by Crippen LogP contribution is 2.37. The van der Waals surface area contributed by atoms with Gasteiger partial charge in [-0.05, 0) is 68.7 Å². The molecule has 1 aromatic carbocycles. The molecule has 0 bridgehead atoms. The molecule has 3 N–H and O–H groups in total. The van der Waals surface area contributed by atoms with E-state index < -0.39 is 17.2 Å². The minimum absolute atomic E-state index is 0.110. The lowest BCUT2D eigenvalue weighted by molar-refractivity contribution is -0.119. The molecule has 9 heteroatoms. The van der Waals surface area contributed by atoms with Crippen molar-refractivity contribution < 1.29 is 9.59 Å². The van der Waals surface area contributed by atoms with E-state index in [-0.39, 0.29) is 5.56 Å².